The first kappa shape index (κ1) is 9.14. The fraction of sp³-hybridized carbons (Fsp3) is 0.714. The molecular formula is C7H14O3. The molecule has 3 heteroatoms. The molecule has 0 aromatic rings. The second-order valence-corrected chi connectivity index (χ2v) is 1.53. The van der Waals surface area contributed by atoms with E-state index in [1.807, 2.05) is 13.8 Å². The summed E-state index contributed by atoms with van der Waals surface area (Å²) in [7, 11) is 1.54. The van der Waals surface area contributed by atoms with Crippen molar-refractivity contribution in [3.8, 4) is 0 Å². The summed E-state index contributed by atoms with van der Waals surface area (Å²) in [5.41, 5.74) is 0. The average Bonchev–Trinajstić information content (AvgIpc) is 1.98. The van der Waals surface area contributed by atoms with Crippen LogP contribution in [-0.4, -0.2) is 20.3 Å². The van der Waals surface area contributed by atoms with E-state index in [1.54, 1.807) is 7.11 Å². The molecule has 0 aromatic heterocycles. The fourth-order valence-corrected chi connectivity index (χ4v) is 0.435. The van der Waals surface area contributed by atoms with Gasteiger partial charge in [-0.1, -0.05) is 0 Å². The maximum Gasteiger partial charge on any atom is 0.315 e. The molecule has 0 bridgehead atoms. The van der Waals surface area contributed by atoms with Gasteiger partial charge in [0.15, 0.2) is 6.26 Å². The van der Waals surface area contributed by atoms with Crippen molar-refractivity contribution in [3.05, 3.63) is 12.2 Å². The van der Waals surface area contributed by atoms with Crippen molar-refractivity contribution in [2.45, 2.75) is 13.8 Å². The largest absolute Gasteiger partial charge is 0.494 e. The minimum atomic E-state index is 0.421. The second-order valence-electron chi connectivity index (χ2n) is 1.53. The van der Waals surface area contributed by atoms with Crippen LogP contribution in [0.3, 0.4) is 0 Å². The fourth-order valence-electron chi connectivity index (χ4n) is 0.435. The molecule has 0 spiro atoms. The Bertz CT molecular complexity index is 99.0. The Kier molecular flexibility index (Phi) is 5.72. The molecular weight excluding hydrogens is 132 g/mol. The summed E-state index contributed by atoms with van der Waals surface area (Å²) in [5.74, 6) is 0.421. The molecule has 0 saturated heterocycles. The number of rotatable bonds is 5. The van der Waals surface area contributed by atoms with E-state index in [9.17, 15) is 0 Å². The van der Waals surface area contributed by atoms with Crippen molar-refractivity contribution in [3.63, 3.8) is 0 Å². The van der Waals surface area contributed by atoms with Crippen molar-refractivity contribution >= 4 is 0 Å². The summed E-state index contributed by atoms with van der Waals surface area (Å²) in [6, 6.07) is 0. The lowest BCUT2D eigenvalue weighted by atomic mass is 10.8. The zero-order valence-electron chi connectivity index (χ0n) is 6.72. The van der Waals surface area contributed by atoms with Gasteiger partial charge in [0.1, 0.15) is 0 Å². The normalized spacial score (nSPS) is 10.9. The molecule has 0 rings (SSSR count). The van der Waals surface area contributed by atoms with Gasteiger partial charge < -0.3 is 14.2 Å². The van der Waals surface area contributed by atoms with E-state index >= 15 is 0 Å². The van der Waals surface area contributed by atoms with Gasteiger partial charge in [0.2, 0.25) is 0 Å². The molecule has 3 nitrogen and oxygen atoms in total. The molecule has 0 aliphatic heterocycles. The van der Waals surface area contributed by atoms with Crippen molar-refractivity contribution in [2.75, 3.05) is 20.3 Å². The quantitative estimate of drug-likeness (QED) is 0.550. The summed E-state index contributed by atoms with van der Waals surface area (Å²) in [5, 5.41) is 0. The minimum Gasteiger partial charge on any atom is -0.494 e. The molecule has 0 heterocycles. The van der Waals surface area contributed by atoms with Crippen LogP contribution in [0, 0.1) is 0 Å². The summed E-state index contributed by atoms with van der Waals surface area (Å²) >= 11 is 0. The Morgan fingerprint density at radius 1 is 1.30 bits per heavy atom. The average molecular weight is 146 g/mol. The summed E-state index contributed by atoms with van der Waals surface area (Å²) < 4.78 is 14.7. The lowest BCUT2D eigenvalue weighted by molar-refractivity contribution is 0.0524. The van der Waals surface area contributed by atoms with Crippen molar-refractivity contribution in [1.29, 1.82) is 0 Å². The summed E-state index contributed by atoms with van der Waals surface area (Å²) in [4.78, 5) is 0. The van der Waals surface area contributed by atoms with E-state index in [1.165, 1.54) is 6.26 Å². The van der Waals surface area contributed by atoms with E-state index in [2.05, 4.69) is 0 Å². The van der Waals surface area contributed by atoms with Crippen LogP contribution in [0.1, 0.15) is 13.8 Å². The minimum absolute atomic E-state index is 0.421. The molecule has 60 valence electrons. The van der Waals surface area contributed by atoms with Crippen LogP contribution < -0.4 is 0 Å². The lowest BCUT2D eigenvalue weighted by Crippen LogP contribution is -1.95. The maximum absolute atomic E-state index is 5.01. The molecule has 10 heavy (non-hydrogen) atoms. The maximum atomic E-state index is 5.01. The zero-order chi connectivity index (χ0) is 7.82. The van der Waals surface area contributed by atoms with Gasteiger partial charge in [0.05, 0.1) is 20.3 Å². The highest BCUT2D eigenvalue weighted by molar-refractivity contribution is 4.73. The molecule has 0 aliphatic carbocycles. The highest BCUT2D eigenvalue weighted by Gasteiger charge is 1.92. The van der Waals surface area contributed by atoms with Crippen molar-refractivity contribution < 1.29 is 14.2 Å². The van der Waals surface area contributed by atoms with E-state index in [-0.39, 0.29) is 0 Å². The predicted octanol–water partition coefficient (Wildman–Crippen LogP) is 1.50. The van der Waals surface area contributed by atoms with Gasteiger partial charge in [0.25, 0.3) is 0 Å². The second kappa shape index (κ2) is 6.26. The van der Waals surface area contributed by atoms with Crippen LogP contribution in [0.5, 0.6) is 0 Å². The van der Waals surface area contributed by atoms with Gasteiger partial charge in [-0.25, -0.2) is 0 Å². The Morgan fingerprint density at radius 2 is 2.00 bits per heavy atom. The van der Waals surface area contributed by atoms with Gasteiger partial charge in [-0.15, -0.1) is 0 Å². The monoisotopic (exact) mass is 146 g/mol. The molecule has 0 saturated carbocycles. The van der Waals surface area contributed by atoms with Crippen LogP contribution >= 0.6 is 0 Å². The van der Waals surface area contributed by atoms with Gasteiger partial charge in [-0.05, 0) is 13.8 Å². The van der Waals surface area contributed by atoms with Gasteiger partial charge in [-0.2, -0.15) is 0 Å². The predicted molar refractivity (Wildman–Crippen MR) is 38.3 cm³/mol. The number of hydrogen-bond donors (Lipinski definition) is 0. The number of methoxy groups -OCH3 is 1. The van der Waals surface area contributed by atoms with Crippen molar-refractivity contribution in [1.82, 2.24) is 0 Å². The van der Waals surface area contributed by atoms with E-state index in [0.29, 0.717) is 19.2 Å². The van der Waals surface area contributed by atoms with E-state index in [4.69, 9.17) is 14.2 Å². The van der Waals surface area contributed by atoms with Crippen LogP contribution in [-0.2, 0) is 14.2 Å². The molecule has 0 unspecified atom stereocenters. The van der Waals surface area contributed by atoms with Crippen LogP contribution in [0.15, 0.2) is 12.2 Å². The molecule has 0 N–H and O–H groups in total. The SMILES string of the molecule is CCO/C=C(/OC)OCC. The van der Waals surface area contributed by atoms with Crippen molar-refractivity contribution in [2.24, 2.45) is 0 Å². The first-order valence-electron chi connectivity index (χ1n) is 3.33. The third-order valence-electron chi connectivity index (χ3n) is 0.834. The highest BCUT2D eigenvalue weighted by atomic mass is 16.7. The zero-order valence-corrected chi connectivity index (χ0v) is 6.72. The molecule has 0 amide bonds. The molecule has 0 atom stereocenters. The van der Waals surface area contributed by atoms with Crippen LogP contribution in [0.4, 0.5) is 0 Å². The first-order valence-corrected chi connectivity index (χ1v) is 3.33. The first-order chi connectivity index (χ1) is 4.85. The Labute approximate surface area is 61.6 Å². The van der Waals surface area contributed by atoms with Gasteiger partial charge >= 0.3 is 5.95 Å². The van der Waals surface area contributed by atoms with Crippen LogP contribution in [0.25, 0.3) is 0 Å². The van der Waals surface area contributed by atoms with Gasteiger partial charge in [0, 0.05) is 0 Å². The number of ether oxygens (including phenoxy) is 3. The van der Waals surface area contributed by atoms with Gasteiger partial charge in [-0.3, -0.25) is 0 Å². The van der Waals surface area contributed by atoms with Crippen LogP contribution in [0.2, 0.25) is 0 Å². The lowest BCUT2D eigenvalue weighted by Gasteiger charge is -2.05. The van der Waals surface area contributed by atoms with E-state index in [0.717, 1.165) is 0 Å². The topological polar surface area (TPSA) is 27.7 Å². The standard InChI is InChI=1S/C7H14O3/c1-4-9-6-7(8-3)10-5-2/h6H,4-5H2,1-3H3/b7-6-. The molecule has 0 aromatic carbocycles. The number of hydrogen-bond acceptors (Lipinski definition) is 3. The summed E-state index contributed by atoms with van der Waals surface area (Å²) in [6.45, 7) is 5.00. The smallest absolute Gasteiger partial charge is 0.315 e. The third kappa shape index (κ3) is 4.06. The highest BCUT2D eigenvalue weighted by Crippen LogP contribution is 1.97. The Hall–Kier alpha value is -0.860. The molecule has 0 aliphatic rings. The van der Waals surface area contributed by atoms with E-state index < -0.39 is 0 Å². The molecule has 0 fully saturated rings. The molecule has 0 radical (unpaired) electrons. The summed E-state index contributed by atoms with van der Waals surface area (Å²) in [6.07, 6.45) is 1.46. The Morgan fingerprint density at radius 3 is 2.40 bits per heavy atom. The Balaban J connectivity index is 3.55. The third-order valence-corrected chi connectivity index (χ3v) is 0.834.